The van der Waals surface area contributed by atoms with Crippen LogP contribution in [0.1, 0.15) is 47.5 Å². The van der Waals surface area contributed by atoms with Crippen molar-refractivity contribution in [2.45, 2.75) is 59.5 Å². The third-order valence-electron chi connectivity index (χ3n) is 4.00. The van der Waals surface area contributed by atoms with Crippen LogP contribution in [0.3, 0.4) is 0 Å². The molecule has 0 aromatic rings. The van der Waals surface area contributed by atoms with Crippen LogP contribution in [-0.4, -0.2) is 49.8 Å². The molecule has 0 aliphatic carbocycles. The number of piperazine rings is 1. The lowest BCUT2D eigenvalue weighted by Gasteiger charge is -2.43. The molecular formula is C16H34N2O. The van der Waals surface area contributed by atoms with Gasteiger partial charge >= 0.3 is 0 Å². The van der Waals surface area contributed by atoms with E-state index in [2.05, 4.69) is 44.8 Å². The van der Waals surface area contributed by atoms with Crippen molar-refractivity contribution in [1.82, 2.24) is 10.2 Å². The number of nitrogens with one attached hydrogen (secondary N) is 1. The maximum Gasteiger partial charge on any atom is 0.0478 e. The first-order valence-electron chi connectivity index (χ1n) is 8.09. The molecule has 1 saturated heterocycles. The molecule has 114 valence electrons. The Morgan fingerprint density at radius 2 is 2.00 bits per heavy atom. The summed E-state index contributed by atoms with van der Waals surface area (Å²) in [6.07, 6.45) is 2.44. The lowest BCUT2D eigenvalue weighted by Crippen LogP contribution is -2.58. The third kappa shape index (κ3) is 6.24. The van der Waals surface area contributed by atoms with Crippen molar-refractivity contribution >= 4 is 0 Å². The summed E-state index contributed by atoms with van der Waals surface area (Å²) in [5.74, 6) is 1.50. The van der Waals surface area contributed by atoms with Crippen LogP contribution in [0, 0.1) is 11.8 Å². The maximum absolute atomic E-state index is 5.47. The number of hydrogen-bond donors (Lipinski definition) is 1. The zero-order valence-electron chi connectivity index (χ0n) is 13.6. The van der Waals surface area contributed by atoms with Crippen LogP contribution in [0.4, 0.5) is 0 Å². The molecule has 1 aliphatic heterocycles. The molecule has 3 nitrogen and oxygen atoms in total. The van der Waals surface area contributed by atoms with Crippen LogP contribution in [0.5, 0.6) is 0 Å². The second kappa shape index (κ2) is 8.93. The monoisotopic (exact) mass is 270 g/mol. The number of nitrogens with zero attached hydrogens (tertiary/aromatic N) is 1. The summed E-state index contributed by atoms with van der Waals surface area (Å²) >= 11 is 0. The molecule has 0 spiro atoms. The summed E-state index contributed by atoms with van der Waals surface area (Å²) in [6, 6.07) is 1.35. The second-order valence-corrected chi connectivity index (χ2v) is 6.59. The van der Waals surface area contributed by atoms with Gasteiger partial charge in [-0.1, -0.05) is 27.7 Å². The van der Waals surface area contributed by atoms with Gasteiger partial charge in [-0.15, -0.1) is 0 Å². The first-order chi connectivity index (χ1) is 9.04. The topological polar surface area (TPSA) is 24.5 Å². The SMILES string of the molecule is CCOCCCN1CC(CC(C)C)NCC1C(C)C. The molecule has 3 heteroatoms. The van der Waals surface area contributed by atoms with E-state index in [-0.39, 0.29) is 0 Å². The Hall–Kier alpha value is -0.120. The van der Waals surface area contributed by atoms with Gasteiger partial charge < -0.3 is 10.1 Å². The minimum absolute atomic E-state index is 0.669. The van der Waals surface area contributed by atoms with Gasteiger partial charge in [-0.2, -0.15) is 0 Å². The molecular weight excluding hydrogens is 236 g/mol. The van der Waals surface area contributed by atoms with Crippen LogP contribution in [0.25, 0.3) is 0 Å². The van der Waals surface area contributed by atoms with E-state index >= 15 is 0 Å². The van der Waals surface area contributed by atoms with E-state index in [4.69, 9.17) is 4.74 Å². The van der Waals surface area contributed by atoms with E-state index in [0.717, 1.165) is 38.0 Å². The maximum atomic E-state index is 5.47. The zero-order valence-corrected chi connectivity index (χ0v) is 13.6. The first kappa shape index (κ1) is 16.9. The van der Waals surface area contributed by atoms with Crippen LogP contribution >= 0.6 is 0 Å². The highest BCUT2D eigenvalue weighted by molar-refractivity contribution is 4.88. The number of rotatable bonds is 8. The Morgan fingerprint density at radius 1 is 1.26 bits per heavy atom. The highest BCUT2D eigenvalue weighted by Gasteiger charge is 2.29. The van der Waals surface area contributed by atoms with Crippen molar-refractivity contribution in [2.24, 2.45) is 11.8 Å². The van der Waals surface area contributed by atoms with Crippen molar-refractivity contribution < 1.29 is 4.74 Å². The Morgan fingerprint density at radius 3 is 2.58 bits per heavy atom. The summed E-state index contributed by atoms with van der Waals surface area (Å²) in [5, 5.41) is 3.74. The third-order valence-corrected chi connectivity index (χ3v) is 4.00. The van der Waals surface area contributed by atoms with Gasteiger partial charge in [0.2, 0.25) is 0 Å². The molecule has 2 unspecified atom stereocenters. The van der Waals surface area contributed by atoms with E-state index in [1.807, 2.05) is 0 Å². The van der Waals surface area contributed by atoms with E-state index in [1.54, 1.807) is 0 Å². The molecule has 2 atom stereocenters. The van der Waals surface area contributed by atoms with Crippen LogP contribution < -0.4 is 5.32 Å². The number of hydrogen-bond acceptors (Lipinski definition) is 3. The van der Waals surface area contributed by atoms with E-state index in [1.165, 1.54) is 19.5 Å². The molecule has 0 radical (unpaired) electrons. The van der Waals surface area contributed by atoms with Crippen molar-refractivity contribution in [2.75, 3.05) is 32.8 Å². The lowest BCUT2D eigenvalue weighted by atomic mass is 9.95. The van der Waals surface area contributed by atoms with Crippen LogP contribution in [-0.2, 0) is 4.74 Å². The summed E-state index contributed by atoms with van der Waals surface area (Å²) < 4.78 is 5.47. The highest BCUT2D eigenvalue weighted by Crippen LogP contribution is 2.18. The predicted molar refractivity (Wildman–Crippen MR) is 82.6 cm³/mol. The minimum Gasteiger partial charge on any atom is -0.382 e. The van der Waals surface area contributed by atoms with E-state index < -0.39 is 0 Å². The van der Waals surface area contributed by atoms with Crippen molar-refractivity contribution in [3.8, 4) is 0 Å². The van der Waals surface area contributed by atoms with Crippen molar-refractivity contribution in [1.29, 1.82) is 0 Å². The molecule has 1 N–H and O–H groups in total. The minimum atomic E-state index is 0.669. The quantitative estimate of drug-likeness (QED) is 0.686. The van der Waals surface area contributed by atoms with E-state index in [0.29, 0.717) is 12.1 Å². The van der Waals surface area contributed by atoms with Gasteiger partial charge in [-0.3, -0.25) is 4.90 Å². The lowest BCUT2D eigenvalue weighted by molar-refractivity contribution is 0.0738. The van der Waals surface area contributed by atoms with Gasteiger partial charge in [-0.05, 0) is 31.6 Å². The molecule has 19 heavy (non-hydrogen) atoms. The Kier molecular flexibility index (Phi) is 7.96. The molecule has 1 aliphatic rings. The smallest absolute Gasteiger partial charge is 0.0478 e. The fourth-order valence-corrected chi connectivity index (χ4v) is 3.05. The largest absolute Gasteiger partial charge is 0.382 e. The van der Waals surface area contributed by atoms with Crippen LogP contribution in [0.15, 0.2) is 0 Å². The summed E-state index contributed by atoms with van der Waals surface area (Å²) in [5.41, 5.74) is 0. The summed E-state index contributed by atoms with van der Waals surface area (Å²) in [6.45, 7) is 16.6. The Bertz CT molecular complexity index is 231. The average Bonchev–Trinajstić information content (AvgIpc) is 2.34. The molecule has 1 heterocycles. The molecule has 0 amide bonds. The van der Waals surface area contributed by atoms with Gasteiger partial charge in [0.15, 0.2) is 0 Å². The Labute approximate surface area is 120 Å². The van der Waals surface area contributed by atoms with E-state index in [9.17, 15) is 0 Å². The van der Waals surface area contributed by atoms with Crippen molar-refractivity contribution in [3.63, 3.8) is 0 Å². The predicted octanol–water partition coefficient (Wildman–Crippen LogP) is 2.76. The van der Waals surface area contributed by atoms with Crippen LogP contribution in [0.2, 0.25) is 0 Å². The zero-order chi connectivity index (χ0) is 14.3. The van der Waals surface area contributed by atoms with Gasteiger partial charge in [0.1, 0.15) is 0 Å². The Balaban J connectivity index is 2.43. The molecule has 0 saturated carbocycles. The van der Waals surface area contributed by atoms with Gasteiger partial charge in [0, 0.05) is 44.9 Å². The van der Waals surface area contributed by atoms with Crippen molar-refractivity contribution in [3.05, 3.63) is 0 Å². The van der Waals surface area contributed by atoms with Gasteiger partial charge in [-0.25, -0.2) is 0 Å². The molecule has 1 fully saturated rings. The summed E-state index contributed by atoms with van der Waals surface area (Å²) in [7, 11) is 0. The first-order valence-corrected chi connectivity index (χ1v) is 8.09. The average molecular weight is 270 g/mol. The van der Waals surface area contributed by atoms with Gasteiger partial charge in [0.25, 0.3) is 0 Å². The second-order valence-electron chi connectivity index (χ2n) is 6.59. The molecule has 0 bridgehead atoms. The normalized spacial score (nSPS) is 25.4. The molecule has 0 aromatic carbocycles. The van der Waals surface area contributed by atoms with Gasteiger partial charge in [0.05, 0.1) is 0 Å². The fourth-order valence-electron chi connectivity index (χ4n) is 3.05. The molecule has 1 rings (SSSR count). The molecule has 0 aromatic heterocycles. The number of ether oxygens (including phenoxy) is 1. The highest BCUT2D eigenvalue weighted by atomic mass is 16.5. The fraction of sp³-hybridized carbons (Fsp3) is 1.00. The summed E-state index contributed by atoms with van der Waals surface area (Å²) in [4.78, 5) is 2.69. The standard InChI is InChI=1S/C16H34N2O/c1-6-19-9-7-8-18-12-15(10-13(2)3)17-11-16(18)14(4)5/h13-17H,6-12H2,1-5H3.